The Morgan fingerprint density at radius 2 is 1.61 bits per heavy atom. The van der Waals surface area contributed by atoms with Crippen LogP contribution in [0.1, 0.15) is 26.3 Å². The van der Waals surface area contributed by atoms with Crippen LogP contribution in [0, 0.1) is 0 Å². The van der Waals surface area contributed by atoms with Crippen LogP contribution in [-0.4, -0.2) is 46.5 Å². The number of hydrogen-bond acceptors (Lipinski definition) is 9. The molecule has 3 N–H and O–H groups in total. The van der Waals surface area contributed by atoms with E-state index in [1.165, 1.54) is 6.20 Å². The summed E-state index contributed by atoms with van der Waals surface area (Å²) in [5.41, 5.74) is 9.11. The van der Waals surface area contributed by atoms with E-state index in [9.17, 15) is 12.8 Å². The van der Waals surface area contributed by atoms with E-state index in [0.717, 1.165) is 5.56 Å². The summed E-state index contributed by atoms with van der Waals surface area (Å²) in [6.45, 7) is 5.18. The zero-order chi connectivity index (χ0) is 25.9. The molecule has 0 aliphatic rings. The summed E-state index contributed by atoms with van der Waals surface area (Å²) in [6.07, 6.45) is 1.50. The molecule has 0 bridgehead atoms. The first-order valence-electron chi connectivity index (χ1n) is 11.4. The topological polar surface area (TPSA) is 137 Å². The second kappa shape index (κ2) is 10.5. The van der Waals surface area contributed by atoms with Gasteiger partial charge in [-0.2, -0.15) is 0 Å². The van der Waals surface area contributed by atoms with Gasteiger partial charge >= 0.3 is 0 Å². The van der Waals surface area contributed by atoms with Gasteiger partial charge in [-0.3, -0.25) is 0 Å². The van der Waals surface area contributed by atoms with E-state index in [0.29, 0.717) is 23.4 Å². The highest BCUT2D eigenvalue weighted by atomic mass is 32.2. The molecule has 0 aliphatic heterocycles. The molecule has 4 rings (SSSR count). The number of nitrogen functional groups attached to an aromatic ring is 1. The van der Waals surface area contributed by atoms with Crippen molar-refractivity contribution >= 4 is 15.7 Å². The first-order chi connectivity index (χ1) is 17.2. The summed E-state index contributed by atoms with van der Waals surface area (Å²) in [4.78, 5) is 8.98. The van der Waals surface area contributed by atoms with Gasteiger partial charge in [-0.15, -0.1) is 10.2 Å². The number of anilines is 1. The molecule has 0 amide bonds. The highest BCUT2D eigenvalue weighted by molar-refractivity contribution is 7.92. The van der Waals surface area contributed by atoms with Crippen LogP contribution < -0.4 is 11.1 Å². The molecule has 2 heterocycles. The number of nitrogens with two attached hydrogens (primary N) is 1. The summed E-state index contributed by atoms with van der Waals surface area (Å²) in [7, 11) is -3.38. The van der Waals surface area contributed by atoms with Crippen LogP contribution in [0.5, 0.6) is 0 Å². The summed E-state index contributed by atoms with van der Waals surface area (Å²) in [5.74, 6) is 0.520. The number of aromatic nitrogens is 4. The van der Waals surface area contributed by atoms with Gasteiger partial charge in [0.05, 0.1) is 22.0 Å². The fraction of sp³-hybridized carbons (Fsp3) is 0.280. The Balaban J connectivity index is 1.56. The Morgan fingerprint density at radius 1 is 0.972 bits per heavy atom. The van der Waals surface area contributed by atoms with Crippen molar-refractivity contribution in [2.75, 3.05) is 12.4 Å². The Kier molecular flexibility index (Phi) is 7.41. The van der Waals surface area contributed by atoms with Gasteiger partial charge in [0, 0.05) is 23.7 Å². The van der Waals surface area contributed by atoms with Crippen LogP contribution in [0.2, 0.25) is 0 Å². The van der Waals surface area contributed by atoms with Crippen molar-refractivity contribution in [3.8, 4) is 34.3 Å². The van der Waals surface area contributed by atoms with Crippen LogP contribution in [0.3, 0.4) is 0 Å². The summed E-state index contributed by atoms with van der Waals surface area (Å²) in [5, 5.41) is 10.8. The third-order valence-electron chi connectivity index (χ3n) is 5.61. The quantitative estimate of drug-likeness (QED) is 0.341. The first-order valence-corrected chi connectivity index (χ1v) is 12.9. The minimum absolute atomic E-state index is 0.110. The van der Waals surface area contributed by atoms with Crippen molar-refractivity contribution in [2.24, 2.45) is 0 Å². The lowest BCUT2D eigenvalue weighted by Gasteiger charge is -2.09. The van der Waals surface area contributed by atoms with Gasteiger partial charge in [-0.1, -0.05) is 24.3 Å². The van der Waals surface area contributed by atoms with Crippen molar-refractivity contribution in [1.29, 1.82) is 0 Å². The summed E-state index contributed by atoms with van der Waals surface area (Å²) >= 11 is 0. The molecule has 36 heavy (non-hydrogen) atoms. The maximum Gasteiger partial charge on any atom is 0.270 e. The molecule has 2 aromatic carbocycles. The maximum absolute atomic E-state index is 12.6. The molecule has 188 valence electrons. The Morgan fingerprint density at radius 3 is 2.25 bits per heavy atom. The molecule has 0 saturated heterocycles. The van der Waals surface area contributed by atoms with Gasteiger partial charge in [0.2, 0.25) is 5.89 Å². The predicted molar refractivity (Wildman–Crippen MR) is 135 cm³/mol. The first kappa shape index (κ1) is 25.4. The Labute approximate surface area is 208 Å². The number of hydrogen-bond donors (Lipinski definition) is 2. The van der Waals surface area contributed by atoms with E-state index in [1.807, 2.05) is 24.3 Å². The standard InChI is InChI=1S/C25H27FN6O3S/c1-15(2)36(33,34)20-10-8-18(9-11-20)21-14-29-23(27)22(30-21)25-32-31-24(35-25)19-6-4-17(5-7-19)13-28-16(3)12-26/h4-11,14-16,28H,12-13H2,1-3H3,(H2,27,29). The molecule has 9 nitrogen and oxygen atoms in total. The van der Waals surface area contributed by atoms with Crippen LogP contribution in [0.4, 0.5) is 10.2 Å². The third kappa shape index (κ3) is 5.42. The lowest BCUT2D eigenvalue weighted by atomic mass is 10.1. The molecule has 2 aromatic heterocycles. The van der Waals surface area contributed by atoms with Gasteiger partial charge in [0.25, 0.3) is 5.89 Å². The largest absolute Gasteiger partial charge is 0.414 e. The third-order valence-corrected chi connectivity index (χ3v) is 7.79. The SMILES string of the molecule is CC(CF)NCc1ccc(-c2nnc(-c3nc(-c4ccc(S(=O)(=O)C(C)C)cc4)cnc3N)o2)cc1. The molecule has 1 unspecified atom stereocenters. The van der Waals surface area contributed by atoms with E-state index in [1.54, 1.807) is 45.0 Å². The van der Waals surface area contributed by atoms with Crippen LogP contribution in [-0.2, 0) is 16.4 Å². The second-order valence-electron chi connectivity index (χ2n) is 8.65. The fourth-order valence-corrected chi connectivity index (χ4v) is 4.39. The smallest absolute Gasteiger partial charge is 0.270 e. The van der Waals surface area contributed by atoms with Crippen molar-refractivity contribution in [3.05, 3.63) is 60.3 Å². The average molecular weight is 511 g/mol. The number of sulfone groups is 1. The molecule has 11 heteroatoms. The van der Waals surface area contributed by atoms with E-state index < -0.39 is 21.8 Å². The molecular weight excluding hydrogens is 483 g/mol. The number of halogens is 1. The Bertz CT molecular complexity index is 1440. The van der Waals surface area contributed by atoms with Gasteiger partial charge in [-0.25, -0.2) is 22.8 Å². The Hall–Kier alpha value is -3.70. The highest BCUT2D eigenvalue weighted by Crippen LogP contribution is 2.28. The van der Waals surface area contributed by atoms with Crippen LogP contribution in [0.15, 0.2) is 64.0 Å². The van der Waals surface area contributed by atoms with Crippen molar-refractivity contribution in [3.63, 3.8) is 0 Å². The predicted octanol–water partition coefficient (Wildman–Crippen LogP) is 4.07. The molecular formula is C25H27FN6O3S. The van der Waals surface area contributed by atoms with Gasteiger partial charge in [0.15, 0.2) is 21.3 Å². The molecule has 1 atom stereocenters. The monoisotopic (exact) mass is 510 g/mol. The zero-order valence-corrected chi connectivity index (χ0v) is 21.0. The normalized spacial score (nSPS) is 12.7. The fourth-order valence-electron chi connectivity index (χ4n) is 3.33. The van der Waals surface area contributed by atoms with Crippen LogP contribution >= 0.6 is 0 Å². The minimum atomic E-state index is -3.38. The van der Waals surface area contributed by atoms with E-state index in [-0.39, 0.29) is 34.2 Å². The van der Waals surface area contributed by atoms with Crippen molar-refractivity contribution in [1.82, 2.24) is 25.5 Å². The van der Waals surface area contributed by atoms with Crippen LogP contribution in [0.25, 0.3) is 34.3 Å². The minimum Gasteiger partial charge on any atom is -0.414 e. The molecule has 4 aromatic rings. The number of alkyl halides is 1. The number of nitrogens with one attached hydrogen (secondary N) is 1. The maximum atomic E-state index is 12.6. The molecule has 0 fully saturated rings. The van der Waals surface area contributed by atoms with Crippen molar-refractivity contribution in [2.45, 2.75) is 43.5 Å². The number of benzene rings is 2. The zero-order valence-electron chi connectivity index (χ0n) is 20.1. The molecule has 0 spiro atoms. The lowest BCUT2D eigenvalue weighted by Crippen LogP contribution is -2.27. The molecule has 0 radical (unpaired) electrons. The summed E-state index contributed by atoms with van der Waals surface area (Å²) < 4.78 is 43.2. The summed E-state index contributed by atoms with van der Waals surface area (Å²) in [6, 6.07) is 13.7. The van der Waals surface area contributed by atoms with Gasteiger partial charge in [0.1, 0.15) is 6.67 Å². The van der Waals surface area contributed by atoms with E-state index in [2.05, 4.69) is 25.5 Å². The highest BCUT2D eigenvalue weighted by Gasteiger charge is 2.20. The average Bonchev–Trinajstić information content (AvgIpc) is 3.38. The molecule has 0 saturated carbocycles. The number of rotatable bonds is 9. The van der Waals surface area contributed by atoms with Gasteiger partial charge < -0.3 is 15.5 Å². The van der Waals surface area contributed by atoms with Crippen molar-refractivity contribution < 1.29 is 17.2 Å². The molecule has 0 aliphatic carbocycles. The lowest BCUT2D eigenvalue weighted by molar-refractivity contribution is 0.391. The van der Waals surface area contributed by atoms with E-state index in [4.69, 9.17) is 10.2 Å². The van der Waals surface area contributed by atoms with E-state index >= 15 is 0 Å². The van der Waals surface area contributed by atoms with Gasteiger partial charge in [-0.05, 0) is 50.6 Å². The number of nitrogens with zero attached hydrogens (tertiary/aromatic N) is 4. The second-order valence-corrected chi connectivity index (χ2v) is 11.2.